The summed E-state index contributed by atoms with van der Waals surface area (Å²) < 4.78 is 5.33. The van der Waals surface area contributed by atoms with Gasteiger partial charge in [0.05, 0.1) is 12.4 Å². The molecule has 0 saturated heterocycles. The number of aromatic amines is 1. The first-order valence-corrected chi connectivity index (χ1v) is 7.66. The Kier molecular flexibility index (Phi) is 5.54. The van der Waals surface area contributed by atoms with Crippen LogP contribution in [0, 0.1) is 6.92 Å². The number of nitrogens with one attached hydrogen (secondary N) is 2. The van der Waals surface area contributed by atoms with Crippen molar-refractivity contribution >= 4 is 23.4 Å². The van der Waals surface area contributed by atoms with E-state index in [0.29, 0.717) is 23.1 Å². The molecule has 0 saturated carbocycles. The molecule has 2 rings (SSSR count). The van der Waals surface area contributed by atoms with Gasteiger partial charge in [-0.3, -0.25) is 14.6 Å². The molecule has 8 heteroatoms. The van der Waals surface area contributed by atoms with E-state index < -0.39 is 0 Å². The third-order valence-electron chi connectivity index (χ3n) is 2.63. The van der Waals surface area contributed by atoms with Crippen molar-refractivity contribution in [2.24, 2.45) is 0 Å². The molecule has 0 aliphatic heterocycles. The van der Waals surface area contributed by atoms with E-state index in [2.05, 4.69) is 20.5 Å². The van der Waals surface area contributed by atoms with Gasteiger partial charge in [-0.15, -0.1) is 10.2 Å². The monoisotopic (exact) mass is 320 g/mol. The number of aryl methyl sites for hydroxylation is 1. The SMILES string of the molecule is CCOc1ccc(NC(=O)CSc2nnc(C)c(=O)[nH]2)cc1. The number of carbonyl (C=O) groups excluding carboxylic acids is 1. The molecule has 7 nitrogen and oxygen atoms in total. The van der Waals surface area contributed by atoms with Gasteiger partial charge in [-0.2, -0.15) is 0 Å². The van der Waals surface area contributed by atoms with Gasteiger partial charge in [0.25, 0.3) is 5.56 Å². The standard InChI is InChI=1S/C14H16N4O3S/c1-3-21-11-6-4-10(5-7-11)15-12(19)8-22-14-16-13(20)9(2)17-18-14/h4-7H,3,8H2,1-2H3,(H,15,19)(H,16,18,20). The molecule has 1 aromatic heterocycles. The van der Waals surface area contributed by atoms with Crippen molar-refractivity contribution in [2.75, 3.05) is 17.7 Å². The summed E-state index contributed by atoms with van der Waals surface area (Å²) in [6.07, 6.45) is 0. The van der Waals surface area contributed by atoms with Crippen LogP contribution in [0.5, 0.6) is 5.75 Å². The van der Waals surface area contributed by atoms with Crippen molar-refractivity contribution < 1.29 is 9.53 Å². The summed E-state index contributed by atoms with van der Waals surface area (Å²) in [5, 5.41) is 10.6. The lowest BCUT2D eigenvalue weighted by Gasteiger charge is -2.06. The zero-order valence-corrected chi connectivity index (χ0v) is 13.1. The van der Waals surface area contributed by atoms with E-state index in [4.69, 9.17) is 4.74 Å². The maximum atomic E-state index is 11.8. The molecule has 116 valence electrons. The number of rotatable bonds is 6. The summed E-state index contributed by atoms with van der Waals surface area (Å²) in [4.78, 5) is 25.8. The number of anilines is 1. The summed E-state index contributed by atoms with van der Waals surface area (Å²) in [6.45, 7) is 4.07. The normalized spacial score (nSPS) is 10.3. The Bertz CT molecular complexity index is 700. The summed E-state index contributed by atoms with van der Waals surface area (Å²) in [7, 11) is 0. The maximum absolute atomic E-state index is 11.8. The zero-order valence-electron chi connectivity index (χ0n) is 12.3. The highest BCUT2D eigenvalue weighted by Gasteiger charge is 2.07. The molecular weight excluding hydrogens is 304 g/mol. The molecule has 0 atom stereocenters. The van der Waals surface area contributed by atoms with Crippen LogP contribution in [0.15, 0.2) is 34.2 Å². The van der Waals surface area contributed by atoms with E-state index in [-0.39, 0.29) is 17.2 Å². The number of H-pyrrole nitrogens is 1. The maximum Gasteiger partial charge on any atom is 0.273 e. The van der Waals surface area contributed by atoms with Crippen molar-refractivity contribution in [3.05, 3.63) is 40.3 Å². The number of carbonyl (C=O) groups is 1. The molecule has 0 spiro atoms. The van der Waals surface area contributed by atoms with Crippen LogP contribution in [0.25, 0.3) is 0 Å². The molecule has 2 aromatic rings. The van der Waals surface area contributed by atoms with E-state index in [1.165, 1.54) is 0 Å². The Hall–Kier alpha value is -2.35. The van der Waals surface area contributed by atoms with Gasteiger partial charge in [0.2, 0.25) is 5.91 Å². The van der Waals surface area contributed by atoms with E-state index in [1.54, 1.807) is 31.2 Å². The molecule has 0 bridgehead atoms. The summed E-state index contributed by atoms with van der Waals surface area (Å²) >= 11 is 1.12. The quantitative estimate of drug-likeness (QED) is 0.785. The molecule has 1 amide bonds. The molecule has 1 aromatic carbocycles. The number of hydrogen-bond donors (Lipinski definition) is 2. The van der Waals surface area contributed by atoms with Gasteiger partial charge in [0.1, 0.15) is 11.4 Å². The van der Waals surface area contributed by atoms with Gasteiger partial charge >= 0.3 is 0 Å². The average molecular weight is 320 g/mol. The highest BCUT2D eigenvalue weighted by molar-refractivity contribution is 7.99. The van der Waals surface area contributed by atoms with E-state index in [9.17, 15) is 9.59 Å². The number of benzene rings is 1. The van der Waals surface area contributed by atoms with Crippen molar-refractivity contribution in [1.82, 2.24) is 15.2 Å². The van der Waals surface area contributed by atoms with Crippen LogP contribution in [-0.2, 0) is 4.79 Å². The van der Waals surface area contributed by atoms with E-state index in [0.717, 1.165) is 17.5 Å². The molecule has 0 unspecified atom stereocenters. The van der Waals surface area contributed by atoms with Crippen LogP contribution in [0.4, 0.5) is 5.69 Å². The third-order valence-corrected chi connectivity index (χ3v) is 3.49. The van der Waals surface area contributed by atoms with Crippen molar-refractivity contribution in [3.63, 3.8) is 0 Å². The molecule has 0 aliphatic rings. The molecule has 1 heterocycles. The van der Waals surface area contributed by atoms with Gasteiger partial charge in [0.15, 0.2) is 5.16 Å². The Morgan fingerprint density at radius 1 is 1.32 bits per heavy atom. The summed E-state index contributed by atoms with van der Waals surface area (Å²) in [6, 6.07) is 7.10. The minimum absolute atomic E-state index is 0.126. The number of ether oxygens (including phenoxy) is 1. The second kappa shape index (κ2) is 7.60. The van der Waals surface area contributed by atoms with Gasteiger partial charge in [-0.25, -0.2) is 0 Å². The Balaban J connectivity index is 1.87. The smallest absolute Gasteiger partial charge is 0.273 e. The average Bonchev–Trinajstić information content (AvgIpc) is 2.51. The first kappa shape index (κ1) is 16.0. The molecule has 22 heavy (non-hydrogen) atoms. The second-order valence-electron chi connectivity index (χ2n) is 4.34. The largest absolute Gasteiger partial charge is 0.494 e. The first-order valence-electron chi connectivity index (χ1n) is 6.67. The van der Waals surface area contributed by atoms with E-state index >= 15 is 0 Å². The minimum atomic E-state index is -0.301. The Morgan fingerprint density at radius 2 is 2.05 bits per heavy atom. The lowest BCUT2D eigenvalue weighted by Crippen LogP contribution is -2.17. The fourth-order valence-corrected chi connectivity index (χ4v) is 2.18. The topological polar surface area (TPSA) is 97.0 Å². The highest BCUT2D eigenvalue weighted by Crippen LogP contribution is 2.16. The number of amides is 1. The fourth-order valence-electron chi connectivity index (χ4n) is 1.58. The van der Waals surface area contributed by atoms with Crippen LogP contribution in [-0.4, -0.2) is 33.4 Å². The minimum Gasteiger partial charge on any atom is -0.494 e. The molecule has 0 aliphatic carbocycles. The highest BCUT2D eigenvalue weighted by atomic mass is 32.2. The van der Waals surface area contributed by atoms with Crippen molar-refractivity contribution in [3.8, 4) is 5.75 Å². The molecular formula is C14H16N4O3S. The zero-order chi connectivity index (χ0) is 15.9. The Morgan fingerprint density at radius 3 is 2.68 bits per heavy atom. The first-order chi connectivity index (χ1) is 10.6. The second-order valence-corrected chi connectivity index (χ2v) is 5.30. The summed E-state index contributed by atoms with van der Waals surface area (Å²) in [5.41, 5.74) is 0.671. The van der Waals surface area contributed by atoms with Gasteiger partial charge in [0, 0.05) is 5.69 Å². The van der Waals surface area contributed by atoms with Crippen LogP contribution >= 0.6 is 11.8 Å². The Labute approximate surface area is 131 Å². The number of thioether (sulfide) groups is 1. The predicted molar refractivity (Wildman–Crippen MR) is 84.4 cm³/mol. The molecule has 0 fully saturated rings. The fraction of sp³-hybridized carbons (Fsp3) is 0.286. The lowest BCUT2D eigenvalue weighted by atomic mass is 10.3. The van der Waals surface area contributed by atoms with Gasteiger partial charge < -0.3 is 10.1 Å². The number of aromatic nitrogens is 3. The number of nitrogens with zero attached hydrogens (tertiary/aromatic N) is 2. The van der Waals surface area contributed by atoms with Crippen LogP contribution in [0.1, 0.15) is 12.6 Å². The van der Waals surface area contributed by atoms with Gasteiger partial charge in [-0.05, 0) is 38.1 Å². The molecule has 0 radical (unpaired) electrons. The lowest BCUT2D eigenvalue weighted by molar-refractivity contribution is -0.113. The van der Waals surface area contributed by atoms with Crippen LogP contribution in [0.2, 0.25) is 0 Å². The predicted octanol–water partition coefficient (Wildman–Crippen LogP) is 1.60. The van der Waals surface area contributed by atoms with Crippen molar-refractivity contribution in [1.29, 1.82) is 0 Å². The third kappa shape index (κ3) is 4.59. The van der Waals surface area contributed by atoms with Gasteiger partial charge in [-0.1, -0.05) is 11.8 Å². The molecule has 2 N–H and O–H groups in total. The van der Waals surface area contributed by atoms with Crippen LogP contribution < -0.4 is 15.6 Å². The van der Waals surface area contributed by atoms with E-state index in [1.807, 2.05) is 6.92 Å². The van der Waals surface area contributed by atoms with Crippen molar-refractivity contribution in [2.45, 2.75) is 19.0 Å². The summed E-state index contributed by atoms with van der Waals surface area (Å²) in [5.74, 6) is 0.681. The number of hydrogen-bond acceptors (Lipinski definition) is 6. The van der Waals surface area contributed by atoms with Crippen LogP contribution in [0.3, 0.4) is 0 Å².